The van der Waals surface area contributed by atoms with E-state index in [0.29, 0.717) is 0 Å². The van der Waals surface area contributed by atoms with Gasteiger partial charge in [-0.15, -0.1) is 6.42 Å². The molecule has 1 aromatic rings. The second-order valence-corrected chi connectivity index (χ2v) is 5.32. The number of allylic oxidation sites excluding steroid dienone is 4. The minimum Gasteiger partial charge on any atom is -0.115 e. The quantitative estimate of drug-likeness (QED) is 0.433. The topological polar surface area (TPSA) is 0 Å². The lowest BCUT2D eigenvalue weighted by atomic mass is 9.74. The minimum atomic E-state index is 0.0323. The summed E-state index contributed by atoms with van der Waals surface area (Å²) in [5.41, 5.74) is 5.58. The molecule has 0 amide bonds. The zero-order valence-corrected chi connectivity index (χ0v) is 13.5. The summed E-state index contributed by atoms with van der Waals surface area (Å²) in [5.74, 6) is 2.69. The zero-order chi connectivity index (χ0) is 15.2. The fourth-order valence-corrected chi connectivity index (χ4v) is 3.10. The van der Waals surface area contributed by atoms with E-state index in [1.165, 1.54) is 22.3 Å². The molecule has 0 heterocycles. The van der Waals surface area contributed by atoms with Crippen molar-refractivity contribution in [3.63, 3.8) is 0 Å². The fourth-order valence-electron chi connectivity index (χ4n) is 3.10. The Morgan fingerprint density at radius 2 is 1.80 bits per heavy atom. The molecule has 2 rings (SSSR count). The number of benzene rings is 1. The lowest BCUT2D eigenvalue weighted by molar-refractivity contribution is 0.630. The molecule has 0 nitrogen and oxygen atoms in total. The van der Waals surface area contributed by atoms with Gasteiger partial charge in [0.25, 0.3) is 0 Å². The summed E-state index contributed by atoms with van der Waals surface area (Å²) in [4.78, 5) is 0. The first-order valence-corrected chi connectivity index (χ1v) is 7.52. The van der Waals surface area contributed by atoms with Crippen molar-refractivity contribution in [3.8, 4) is 12.3 Å². The van der Waals surface area contributed by atoms with Crippen LogP contribution in [0.1, 0.15) is 52.2 Å². The predicted molar refractivity (Wildman–Crippen MR) is 89.8 cm³/mol. The SMILES string of the molecule is C#C/C=C1/CCc2ccccc2C(C)(C)/C1=C/C.CC. The Kier molecular flexibility index (Phi) is 5.83. The zero-order valence-electron chi connectivity index (χ0n) is 13.5. The van der Waals surface area contributed by atoms with Crippen molar-refractivity contribution in [2.75, 3.05) is 0 Å². The maximum absolute atomic E-state index is 5.47. The molecule has 20 heavy (non-hydrogen) atoms. The van der Waals surface area contributed by atoms with Gasteiger partial charge in [0, 0.05) is 5.41 Å². The van der Waals surface area contributed by atoms with Gasteiger partial charge in [-0.25, -0.2) is 0 Å². The molecule has 0 saturated heterocycles. The Hall–Kier alpha value is -1.74. The van der Waals surface area contributed by atoms with E-state index in [0.717, 1.165) is 12.8 Å². The van der Waals surface area contributed by atoms with Crippen molar-refractivity contribution >= 4 is 0 Å². The third-order valence-electron chi connectivity index (χ3n) is 3.92. The smallest absolute Gasteiger partial charge is 0.0148 e. The summed E-state index contributed by atoms with van der Waals surface area (Å²) in [6.45, 7) is 10.7. The molecule has 0 aliphatic heterocycles. The second-order valence-electron chi connectivity index (χ2n) is 5.32. The molecule has 1 aliphatic carbocycles. The maximum Gasteiger partial charge on any atom is 0.0148 e. The molecule has 0 spiro atoms. The highest BCUT2D eigenvalue weighted by molar-refractivity contribution is 5.52. The van der Waals surface area contributed by atoms with Crippen LogP contribution in [0.5, 0.6) is 0 Å². The first-order valence-electron chi connectivity index (χ1n) is 7.52. The molecule has 0 bridgehead atoms. The van der Waals surface area contributed by atoms with E-state index in [4.69, 9.17) is 6.42 Å². The average molecular weight is 266 g/mol. The standard InChI is InChI=1S/C18H20.C2H6/c1-5-9-14-12-13-15-10-7-8-11-17(15)18(3,4)16(14)6-2;1-2/h1,6-11H,12-13H2,2-4H3;1-2H3/b14-9-,16-6+;. The normalized spacial score (nSPS) is 20.4. The number of aryl methyl sites for hydroxylation is 1. The lowest BCUT2D eigenvalue weighted by Gasteiger charge is -2.29. The van der Waals surface area contributed by atoms with E-state index in [-0.39, 0.29) is 5.41 Å². The largest absolute Gasteiger partial charge is 0.115 e. The van der Waals surface area contributed by atoms with Crippen molar-refractivity contribution in [3.05, 3.63) is 58.7 Å². The fraction of sp³-hybridized carbons (Fsp3) is 0.400. The van der Waals surface area contributed by atoms with Gasteiger partial charge >= 0.3 is 0 Å². The van der Waals surface area contributed by atoms with Crippen LogP contribution in [0.3, 0.4) is 0 Å². The van der Waals surface area contributed by atoms with Gasteiger partial charge in [-0.3, -0.25) is 0 Å². The lowest BCUT2D eigenvalue weighted by Crippen LogP contribution is -2.21. The molecule has 0 N–H and O–H groups in total. The van der Waals surface area contributed by atoms with Crippen molar-refractivity contribution in [1.82, 2.24) is 0 Å². The number of terminal acetylenes is 1. The number of fused-ring (bicyclic) bond motifs is 1. The molecular formula is C20H26. The molecule has 0 unspecified atom stereocenters. The van der Waals surface area contributed by atoms with E-state index < -0.39 is 0 Å². The van der Waals surface area contributed by atoms with E-state index in [2.05, 4.69) is 57.0 Å². The van der Waals surface area contributed by atoms with Crippen molar-refractivity contribution in [2.45, 2.75) is 52.9 Å². The Morgan fingerprint density at radius 3 is 2.40 bits per heavy atom. The molecule has 106 valence electrons. The van der Waals surface area contributed by atoms with Gasteiger partial charge < -0.3 is 0 Å². The molecular weight excluding hydrogens is 240 g/mol. The van der Waals surface area contributed by atoms with Crippen molar-refractivity contribution in [2.24, 2.45) is 0 Å². The predicted octanol–water partition coefficient (Wildman–Crippen LogP) is 5.44. The Bertz CT molecular complexity index is 548. The summed E-state index contributed by atoms with van der Waals surface area (Å²) in [5, 5.41) is 0. The van der Waals surface area contributed by atoms with Gasteiger partial charge in [0.2, 0.25) is 0 Å². The monoisotopic (exact) mass is 266 g/mol. The molecule has 1 aromatic carbocycles. The molecule has 0 heteroatoms. The van der Waals surface area contributed by atoms with E-state index in [9.17, 15) is 0 Å². The Balaban J connectivity index is 0.000000956. The van der Waals surface area contributed by atoms with Gasteiger partial charge in [0.1, 0.15) is 0 Å². The average Bonchev–Trinajstić information content (AvgIpc) is 2.57. The summed E-state index contributed by atoms with van der Waals surface area (Å²) >= 11 is 0. The summed E-state index contributed by atoms with van der Waals surface area (Å²) in [6.07, 6.45) is 11.7. The van der Waals surface area contributed by atoms with Crippen molar-refractivity contribution in [1.29, 1.82) is 0 Å². The third kappa shape index (κ3) is 3.05. The van der Waals surface area contributed by atoms with Gasteiger partial charge in [0.15, 0.2) is 0 Å². The summed E-state index contributed by atoms with van der Waals surface area (Å²) < 4.78 is 0. The highest BCUT2D eigenvalue weighted by Crippen LogP contribution is 2.41. The Labute approximate surface area is 124 Å². The number of hydrogen-bond acceptors (Lipinski definition) is 0. The van der Waals surface area contributed by atoms with E-state index in [1.54, 1.807) is 0 Å². The molecule has 1 aliphatic rings. The van der Waals surface area contributed by atoms with Crippen LogP contribution in [0.15, 0.2) is 47.6 Å². The van der Waals surface area contributed by atoms with Crippen LogP contribution in [-0.2, 0) is 11.8 Å². The minimum absolute atomic E-state index is 0.0323. The van der Waals surface area contributed by atoms with Gasteiger partial charge in [-0.2, -0.15) is 0 Å². The highest BCUT2D eigenvalue weighted by Gasteiger charge is 2.31. The summed E-state index contributed by atoms with van der Waals surface area (Å²) in [7, 11) is 0. The first kappa shape index (κ1) is 16.3. The number of rotatable bonds is 0. The van der Waals surface area contributed by atoms with Crippen LogP contribution >= 0.6 is 0 Å². The van der Waals surface area contributed by atoms with Crippen molar-refractivity contribution < 1.29 is 0 Å². The van der Waals surface area contributed by atoms with Crippen LogP contribution in [0, 0.1) is 12.3 Å². The first-order chi connectivity index (χ1) is 9.61. The van der Waals surface area contributed by atoms with Crippen LogP contribution in [0.25, 0.3) is 0 Å². The van der Waals surface area contributed by atoms with E-state index in [1.807, 2.05) is 19.9 Å². The van der Waals surface area contributed by atoms with Gasteiger partial charge in [-0.1, -0.05) is 64.0 Å². The second kappa shape index (κ2) is 7.15. The maximum atomic E-state index is 5.47. The molecule has 0 aromatic heterocycles. The number of hydrogen-bond donors (Lipinski definition) is 0. The highest BCUT2D eigenvalue weighted by atomic mass is 14.3. The molecule has 0 radical (unpaired) electrons. The van der Waals surface area contributed by atoms with Crippen LogP contribution in [-0.4, -0.2) is 0 Å². The molecule has 0 saturated carbocycles. The van der Waals surface area contributed by atoms with Crippen LogP contribution < -0.4 is 0 Å². The van der Waals surface area contributed by atoms with Crippen LogP contribution in [0.2, 0.25) is 0 Å². The van der Waals surface area contributed by atoms with Gasteiger partial charge in [0.05, 0.1) is 0 Å². The third-order valence-corrected chi connectivity index (χ3v) is 3.92. The van der Waals surface area contributed by atoms with E-state index >= 15 is 0 Å². The summed E-state index contributed by atoms with van der Waals surface area (Å²) in [6, 6.07) is 8.74. The molecule has 0 fully saturated rings. The Morgan fingerprint density at radius 1 is 1.15 bits per heavy atom. The van der Waals surface area contributed by atoms with Crippen LogP contribution in [0.4, 0.5) is 0 Å². The van der Waals surface area contributed by atoms with Gasteiger partial charge in [-0.05, 0) is 48.1 Å². The molecule has 0 atom stereocenters.